The Hall–Kier alpha value is -0.622. The molecule has 2 radical (unpaired) electrons. The van der Waals surface area contributed by atoms with Crippen molar-refractivity contribution in [3.63, 3.8) is 0 Å². The van der Waals surface area contributed by atoms with E-state index in [1.165, 1.54) is 0 Å². The van der Waals surface area contributed by atoms with Crippen LogP contribution in [0.2, 0.25) is 0 Å². The fourth-order valence-electron chi connectivity index (χ4n) is 0.659. The van der Waals surface area contributed by atoms with Gasteiger partial charge in [0.15, 0.2) is 0 Å². The number of nitrogens with two attached hydrogens (primary N) is 2. The minimum atomic E-state index is 0.714. The van der Waals surface area contributed by atoms with Crippen molar-refractivity contribution in [2.75, 3.05) is 11.5 Å². The van der Waals surface area contributed by atoms with Crippen molar-refractivity contribution >= 4 is 32.6 Å². The van der Waals surface area contributed by atoms with Gasteiger partial charge in [-0.25, -0.2) is 0 Å². The zero-order chi connectivity index (χ0) is 6.85. The predicted molar refractivity (Wildman–Crippen MR) is 40.7 cm³/mol. The van der Waals surface area contributed by atoms with Gasteiger partial charge in [-0.3, -0.25) is 0 Å². The van der Waals surface area contributed by atoms with E-state index in [2.05, 4.69) is 16.9 Å². The second-order valence-electron chi connectivity index (χ2n) is 1.86. The first-order valence-corrected chi connectivity index (χ1v) is 3.47. The van der Waals surface area contributed by atoms with Gasteiger partial charge >= 0.3 is 62.2 Å². The number of benzene rings is 1. The summed E-state index contributed by atoms with van der Waals surface area (Å²) in [5.74, 6) is 0. The Morgan fingerprint density at radius 1 is 1.00 bits per heavy atom. The Morgan fingerprint density at radius 3 is 1.78 bits per heavy atom. The van der Waals surface area contributed by atoms with Gasteiger partial charge in [0.25, 0.3) is 0 Å². The van der Waals surface area contributed by atoms with Gasteiger partial charge in [-0.15, -0.1) is 0 Å². The van der Waals surface area contributed by atoms with Gasteiger partial charge in [0.2, 0.25) is 0 Å². The first-order valence-electron chi connectivity index (χ1n) is 2.53. The number of rotatable bonds is 0. The molecule has 0 atom stereocenters. The molecule has 0 amide bonds. The molecule has 0 heterocycles. The van der Waals surface area contributed by atoms with E-state index >= 15 is 0 Å². The van der Waals surface area contributed by atoms with Crippen molar-refractivity contribution in [1.29, 1.82) is 0 Å². The normalized spacial score (nSPS) is 9.44. The quantitative estimate of drug-likeness (QED) is 0.425. The summed E-state index contributed by atoms with van der Waals surface area (Å²) >= 11 is 2.39. The van der Waals surface area contributed by atoms with Crippen LogP contribution >= 0.6 is 0 Å². The summed E-state index contributed by atoms with van der Waals surface area (Å²) in [6.07, 6.45) is 0. The average molecular weight is 182 g/mol. The van der Waals surface area contributed by atoms with Crippen molar-refractivity contribution in [2.24, 2.45) is 0 Å². The van der Waals surface area contributed by atoms with Crippen LogP contribution < -0.4 is 15.8 Å². The maximum absolute atomic E-state index is 5.47. The van der Waals surface area contributed by atoms with Gasteiger partial charge in [0, 0.05) is 0 Å². The van der Waals surface area contributed by atoms with Crippen LogP contribution in [0.1, 0.15) is 0 Å². The molecule has 0 aromatic heterocycles. The van der Waals surface area contributed by atoms with Crippen LogP contribution in [0.15, 0.2) is 18.2 Å². The zero-order valence-corrected chi connectivity index (χ0v) is 6.71. The second kappa shape index (κ2) is 2.32. The van der Waals surface area contributed by atoms with E-state index < -0.39 is 0 Å². The molecular weight excluding hydrogens is 175 g/mol. The summed E-state index contributed by atoms with van der Waals surface area (Å²) in [7, 11) is 0. The van der Waals surface area contributed by atoms with Crippen LogP contribution in [0, 0.1) is 0 Å². The average Bonchev–Trinajstić information content (AvgIpc) is 1.59. The number of nitrogen functional groups attached to an aromatic ring is 2. The van der Waals surface area contributed by atoms with E-state index in [1.807, 2.05) is 12.1 Å². The molecular formula is C6H7AsN2. The van der Waals surface area contributed by atoms with E-state index in [9.17, 15) is 0 Å². The Morgan fingerprint density at radius 2 is 1.44 bits per heavy atom. The Kier molecular flexibility index (Phi) is 1.67. The van der Waals surface area contributed by atoms with E-state index in [1.54, 1.807) is 6.07 Å². The standard InChI is InChI=1S/C6H7AsN2/c7-4-1-5(8)3-6(9)2-4/h1-3H,8-9H2. The minimum absolute atomic E-state index is 0.714. The molecule has 1 aromatic carbocycles. The summed E-state index contributed by atoms with van der Waals surface area (Å²) in [6.45, 7) is 0. The number of hydrogen-bond donors (Lipinski definition) is 2. The molecule has 0 aliphatic carbocycles. The molecule has 0 unspecified atom stereocenters. The Balaban J connectivity index is 3.17. The van der Waals surface area contributed by atoms with Gasteiger partial charge < -0.3 is 0 Å². The fraction of sp³-hybridized carbons (Fsp3) is 0. The number of anilines is 2. The molecule has 0 aliphatic heterocycles. The summed E-state index contributed by atoms with van der Waals surface area (Å²) < 4.78 is 1.04. The van der Waals surface area contributed by atoms with Gasteiger partial charge in [-0.05, 0) is 0 Å². The topological polar surface area (TPSA) is 52.0 Å². The summed E-state index contributed by atoms with van der Waals surface area (Å²) in [4.78, 5) is 0. The SMILES string of the molecule is Nc1cc(N)cc([As])c1. The molecule has 46 valence electrons. The molecule has 1 rings (SSSR count). The molecule has 0 bridgehead atoms. The van der Waals surface area contributed by atoms with E-state index in [-0.39, 0.29) is 0 Å². The molecule has 4 N–H and O–H groups in total. The molecule has 2 nitrogen and oxygen atoms in total. The van der Waals surface area contributed by atoms with E-state index in [4.69, 9.17) is 11.5 Å². The fourth-order valence-corrected chi connectivity index (χ4v) is 1.28. The maximum atomic E-state index is 5.47. The monoisotopic (exact) mass is 182 g/mol. The van der Waals surface area contributed by atoms with Gasteiger partial charge in [0.1, 0.15) is 0 Å². The van der Waals surface area contributed by atoms with Crippen molar-refractivity contribution in [2.45, 2.75) is 0 Å². The third-order valence-corrected chi connectivity index (χ3v) is 1.50. The van der Waals surface area contributed by atoms with E-state index in [0.29, 0.717) is 11.4 Å². The van der Waals surface area contributed by atoms with E-state index in [0.717, 1.165) is 4.35 Å². The third kappa shape index (κ3) is 1.65. The molecule has 0 aliphatic rings. The molecule has 1 aromatic rings. The summed E-state index contributed by atoms with van der Waals surface area (Å²) in [6, 6.07) is 5.45. The molecule has 9 heavy (non-hydrogen) atoms. The molecule has 0 fully saturated rings. The van der Waals surface area contributed by atoms with Crippen molar-refractivity contribution in [3.8, 4) is 0 Å². The van der Waals surface area contributed by atoms with Gasteiger partial charge in [0.05, 0.1) is 0 Å². The van der Waals surface area contributed by atoms with Crippen LogP contribution in [0.25, 0.3) is 0 Å². The Bertz CT molecular complexity index is 172. The van der Waals surface area contributed by atoms with Gasteiger partial charge in [-0.2, -0.15) is 0 Å². The first-order chi connectivity index (χ1) is 4.18. The predicted octanol–water partition coefficient (Wildman–Crippen LogP) is -0.355. The summed E-state index contributed by atoms with van der Waals surface area (Å²) in [5.41, 5.74) is 12.4. The second-order valence-corrected chi connectivity index (χ2v) is 2.94. The van der Waals surface area contributed by atoms with Crippen LogP contribution in [-0.4, -0.2) is 16.9 Å². The van der Waals surface area contributed by atoms with Crippen molar-refractivity contribution in [1.82, 2.24) is 0 Å². The third-order valence-electron chi connectivity index (χ3n) is 0.962. The van der Waals surface area contributed by atoms with Crippen LogP contribution in [0.3, 0.4) is 0 Å². The summed E-state index contributed by atoms with van der Waals surface area (Å²) in [5, 5.41) is 0. The van der Waals surface area contributed by atoms with Gasteiger partial charge in [-0.1, -0.05) is 0 Å². The zero-order valence-electron chi connectivity index (χ0n) is 4.83. The number of hydrogen-bond acceptors (Lipinski definition) is 2. The first kappa shape index (κ1) is 6.50. The molecule has 0 spiro atoms. The van der Waals surface area contributed by atoms with Crippen LogP contribution in [0.5, 0.6) is 0 Å². The van der Waals surface area contributed by atoms with Crippen molar-refractivity contribution in [3.05, 3.63) is 18.2 Å². The molecule has 0 saturated heterocycles. The molecule has 0 saturated carbocycles. The molecule has 3 heteroatoms. The Labute approximate surface area is 62.7 Å². The van der Waals surface area contributed by atoms with Crippen molar-refractivity contribution < 1.29 is 0 Å². The van der Waals surface area contributed by atoms with Crippen LogP contribution in [0.4, 0.5) is 11.4 Å². The van der Waals surface area contributed by atoms with Crippen LogP contribution in [-0.2, 0) is 0 Å².